The lowest BCUT2D eigenvalue weighted by Crippen LogP contribution is -2.15. The van der Waals surface area contributed by atoms with Gasteiger partial charge in [0.2, 0.25) is 31.1 Å². The van der Waals surface area contributed by atoms with Gasteiger partial charge >= 0.3 is 0 Å². The minimum atomic E-state index is -3.79. The standard InChI is InChI=1S/C25H27N7O6S5/c26-42(35,36)19-5-1-16(2-6-19)13-18(33)15-24-31-29-22(40-24)9-11-39-12-10-23-30-32-25(41-23)28-21(34)14-17-3-7-20(8-4-17)43(27,37)38/h1-8H,9-15H2,(H2,26,35,36)(H2,27,37,38)(H,28,32,34). The molecule has 2 aromatic heterocycles. The van der Waals surface area contributed by atoms with E-state index in [1.54, 1.807) is 23.9 Å². The average molecular weight is 682 g/mol. The molecule has 0 aliphatic heterocycles. The molecule has 18 heteroatoms. The van der Waals surface area contributed by atoms with Gasteiger partial charge in [-0.15, -0.1) is 31.7 Å². The Morgan fingerprint density at radius 2 is 1.16 bits per heavy atom. The number of carbonyl (C=O) groups is 2. The maximum atomic E-state index is 12.4. The Balaban J connectivity index is 1.13. The van der Waals surface area contributed by atoms with Gasteiger partial charge in [-0.05, 0) is 46.9 Å². The van der Waals surface area contributed by atoms with E-state index in [9.17, 15) is 26.4 Å². The lowest BCUT2D eigenvalue weighted by atomic mass is 10.1. The number of benzene rings is 2. The van der Waals surface area contributed by atoms with Crippen molar-refractivity contribution < 1.29 is 26.4 Å². The second kappa shape index (κ2) is 14.6. The third-order valence-electron chi connectivity index (χ3n) is 5.76. The van der Waals surface area contributed by atoms with Crippen molar-refractivity contribution in [3.8, 4) is 0 Å². The van der Waals surface area contributed by atoms with E-state index in [2.05, 4.69) is 25.7 Å². The predicted octanol–water partition coefficient (Wildman–Crippen LogP) is 1.74. The summed E-state index contributed by atoms with van der Waals surface area (Å²) in [4.78, 5) is 24.7. The number of nitrogens with zero attached hydrogens (tertiary/aromatic N) is 4. The number of aromatic nitrogens is 4. The lowest BCUT2D eigenvalue weighted by Gasteiger charge is -2.03. The second-order valence-electron chi connectivity index (χ2n) is 9.20. The third kappa shape index (κ3) is 10.5. The zero-order chi connectivity index (χ0) is 31.0. The molecule has 2 heterocycles. The molecule has 0 saturated carbocycles. The van der Waals surface area contributed by atoms with E-state index < -0.39 is 20.0 Å². The lowest BCUT2D eigenvalue weighted by molar-refractivity contribution is -0.118. The third-order valence-corrected chi connectivity index (χ3v) is 10.5. The number of thioether (sulfide) groups is 1. The average Bonchev–Trinajstić information content (AvgIpc) is 3.57. The van der Waals surface area contributed by atoms with E-state index in [-0.39, 0.29) is 40.7 Å². The molecule has 0 spiro atoms. The van der Waals surface area contributed by atoms with Crippen LogP contribution in [0.2, 0.25) is 0 Å². The molecule has 228 valence electrons. The number of ketones is 1. The van der Waals surface area contributed by atoms with Crippen LogP contribution in [0.5, 0.6) is 0 Å². The molecule has 2 aromatic carbocycles. The van der Waals surface area contributed by atoms with Crippen molar-refractivity contribution in [1.29, 1.82) is 0 Å². The summed E-state index contributed by atoms with van der Waals surface area (Å²) in [5.41, 5.74) is 1.33. The molecule has 0 bridgehead atoms. The van der Waals surface area contributed by atoms with Gasteiger partial charge in [-0.1, -0.05) is 35.6 Å². The molecule has 0 unspecified atom stereocenters. The Bertz CT molecular complexity index is 1660. The molecule has 0 saturated heterocycles. The summed E-state index contributed by atoms with van der Waals surface area (Å²) < 4.78 is 45.4. The van der Waals surface area contributed by atoms with Crippen LogP contribution in [0.15, 0.2) is 58.3 Å². The van der Waals surface area contributed by atoms with E-state index in [1.807, 2.05) is 0 Å². The fourth-order valence-corrected chi connectivity index (χ4v) is 7.49. The predicted molar refractivity (Wildman–Crippen MR) is 165 cm³/mol. The van der Waals surface area contributed by atoms with Crippen molar-refractivity contribution in [3.05, 3.63) is 74.7 Å². The first kappa shape index (κ1) is 32.8. The number of carbonyl (C=O) groups excluding carboxylic acids is 2. The summed E-state index contributed by atoms with van der Waals surface area (Å²) in [7, 11) is -7.56. The topological polar surface area (TPSA) is 218 Å². The van der Waals surface area contributed by atoms with Gasteiger partial charge in [0.05, 0.1) is 22.6 Å². The van der Waals surface area contributed by atoms with Gasteiger partial charge in [-0.25, -0.2) is 27.1 Å². The fraction of sp³-hybridized carbons (Fsp3) is 0.280. The molecule has 4 rings (SSSR count). The Kier molecular flexibility index (Phi) is 11.1. The summed E-state index contributed by atoms with van der Waals surface area (Å²) in [6.45, 7) is 0. The van der Waals surface area contributed by atoms with E-state index in [4.69, 9.17) is 10.3 Å². The number of amides is 1. The highest BCUT2D eigenvalue weighted by atomic mass is 32.2. The SMILES string of the molecule is NS(=O)(=O)c1ccc(CC(=O)Cc2nnc(CCSCCc3nnc(NC(=O)Cc4ccc(S(N)(=O)=O)cc4)s3)s2)cc1. The molecule has 1 amide bonds. The highest BCUT2D eigenvalue weighted by Gasteiger charge is 2.14. The number of anilines is 1. The number of aryl methyl sites for hydroxylation is 2. The fourth-order valence-electron chi connectivity index (χ4n) is 3.69. The first-order valence-corrected chi connectivity index (χ1v) is 18.5. The Hall–Kier alpha value is -3.13. The van der Waals surface area contributed by atoms with Crippen LogP contribution >= 0.6 is 34.4 Å². The number of nitrogens with two attached hydrogens (primary N) is 2. The number of sulfonamides is 2. The number of hydrogen-bond donors (Lipinski definition) is 3. The van der Waals surface area contributed by atoms with Gasteiger partial charge in [0.15, 0.2) is 0 Å². The number of Topliss-reactive ketones (excluding diaryl/α,β-unsaturated/α-hetero) is 1. The van der Waals surface area contributed by atoms with Crippen LogP contribution in [0.1, 0.15) is 26.1 Å². The Morgan fingerprint density at radius 1 is 0.674 bits per heavy atom. The van der Waals surface area contributed by atoms with Crippen molar-refractivity contribution in [2.75, 3.05) is 16.8 Å². The maximum Gasteiger partial charge on any atom is 0.238 e. The van der Waals surface area contributed by atoms with Crippen LogP contribution in [0.4, 0.5) is 5.13 Å². The van der Waals surface area contributed by atoms with Crippen LogP contribution in [0.3, 0.4) is 0 Å². The molecular formula is C25H27N7O6S5. The molecule has 43 heavy (non-hydrogen) atoms. The number of rotatable bonds is 15. The quantitative estimate of drug-likeness (QED) is 0.154. The van der Waals surface area contributed by atoms with Crippen LogP contribution in [-0.4, -0.2) is 60.4 Å². The maximum absolute atomic E-state index is 12.4. The molecule has 0 aliphatic rings. The van der Waals surface area contributed by atoms with E-state index in [0.29, 0.717) is 34.1 Å². The first-order chi connectivity index (χ1) is 20.3. The summed E-state index contributed by atoms with van der Waals surface area (Å²) in [6.07, 6.45) is 1.75. The second-order valence-corrected chi connectivity index (χ2v) is 15.8. The minimum absolute atomic E-state index is 0.000977. The first-order valence-electron chi connectivity index (χ1n) is 12.6. The zero-order valence-corrected chi connectivity index (χ0v) is 26.6. The molecule has 0 aliphatic carbocycles. The van der Waals surface area contributed by atoms with Gasteiger partial charge in [0.1, 0.15) is 20.8 Å². The van der Waals surface area contributed by atoms with Crippen LogP contribution in [0.25, 0.3) is 0 Å². The number of primary sulfonamides is 2. The molecular weight excluding hydrogens is 655 g/mol. The van der Waals surface area contributed by atoms with Gasteiger partial charge in [-0.2, -0.15) is 11.8 Å². The molecule has 0 atom stereocenters. The number of nitrogens with one attached hydrogen (secondary N) is 1. The van der Waals surface area contributed by atoms with Crippen LogP contribution in [-0.2, 0) is 61.7 Å². The monoisotopic (exact) mass is 681 g/mol. The Morgan fingerprint density at radius 3 is 1.72 bits per heavy atom. The van der Waals surface area contributed by atoms with Gasteiger partial charge in [0.25, 0.3) is 0 Å². The summed E-state index contributed by atoms with van der Waals surface area (Å²) >= 11 is 4.41. The van der Waals surface area contributed by atoms with Crippen LogP contribution in [0, 0.1) is 0 Å². The summed E-state index contributed by atoms with van der Waals surface area (Å²) in [5, 5.41) is 32.0. The minimum Gasteiger partial charge on any atom is -0.300 e. The van der Waals surface area contributed by atoms with Crippen molar-refractivity contribution in [3.63, 3.8) is 0 Å². The van der Waals surface area contributed by atoms with Gasteiger partial charge in [-0.3, -0.25) is 9.59 Å². The summed E-state index contributed by atoms with van der Waals surface area (Å²) in [6, 6.07) is 11.7. The summed E-state index contributed by atoms with van der Waals surface area (Å²) in [5.74, 6) is 1.27. The van der Waals surface area contributed by atoms with E-state index >= 15 is 0 Å². The van der Waals surface area contributed by atoms with E-state index in [0.717, 1.165) is 21.5 Å². The molecule has 0 fully saturated rings. The van der Waals surface area contributed by atoms with Crippen molar-refractivity contribution in [2.45, 2.75) is 41.9 Å². The van der Waals surface area contributed by atoms with Crippen LogP contribution < -0.4 is 15.6 Å². The molecule has 5 N–H and O–H groups in total. The highest BCUT2D eigenvalue weighted by Crippen LogP contribution is 2.20. The number of hydrogen-bond acceptors (Lipinski definition) is 13. The van der Waals surface area contributed by atoms with Gasteiger partial charge in [0, 0.05) is 19.3 Å². The highest BCUT2D eigenvalue weighted by molar-refractivity contribution is 7.99. The van der Waals surface area contributed by atoms with Crippen molar-refractivity contribution in [1.82, 2.24) is 20.4 Å². The van der Waals surface area contributed by atoms with E-state index in [1.165, 1.54) is 59.1 Å². The Labute approximate surface area is 260 Å². The van der Waals surface area contributed by atoms with Gasteiger partial charge < -0.3 is 5.32 Å². The molecule has 4 aromatic rings. The smallest absolute Gasteiger partial charge is 0.238 e. The van der Waals surface area contributed by atoms with Crippen molar-refractivity contribution in [2.24, 2.45) is 10.3 Å². The molecule has 0 radical (unpaired) electrons. The largest absolute Gasteiger partial charge is 0.300 e. The van der Waals surface area contributed by atoms with Crippen molar-refractivity contribution >= 4 is 71.3 Å². The molecule has 13 nitrogen and oxygen atoms in total. The zero-order valence-electron chi connectivity index (χ0n) is 22.5. The normalized spacial score (nSPS) is 11.9.